The number of benzene rings is 2. The zero-order valence-electron chi connectivity index (χ0n) is 20.1. The summed E-state index contributed by atoms with van der Waals surface area (Å²) in [5.74, 6) is -0.150. The van der Waals surface area contributed by atoms with E-state index in [1.807, 2.05) is 41.3 Å². The molecule has 10 nitrogen and oxygen atoms in total. The molecule has 1 aromatic heterocycles. The van der Waals surface area contributed by atoms with Crippen LogP contribution in [0.15, 0.2) is 52.7 Å². The van der Waals surface area contributed by atoms with Gasteiger partial charge in [0.05, 0.1) is 5.69 Å². The van der Waals surface area contributed by atoms with Crippen molar-refractivity contribution in [1.82, 2.24) is 9.55 Å². The van der Waals surface area contributed by atoms with E-state index in [-0.39, 0.29) is 23.0 Å². The first kappa shape index (κ1) is 26.6. The summed E-state index contributed by atoms with van der Waals surface area (Å²) in [5.41, 5.74) is -4.08. The second kappa shape index (κ2) is 10.5. The Labute approximate surface area is 216 Å². The highest BCUT2D eigenvalue weighted by molar-refractivity contribution is 7.93. The topological polar surface area (TPSA) is 140 Å². The highest BCUT2D eigenvalue weighted by Gasteiger charge is 2.46. The second-order valence-corrected chi connectivity index (χ2v) is 10.2. The van der Waals surface area contributed by atoms with Crippen LogP contribution in [0, 0.1) is 22.7 Å². The summed E-state index contributed by atoms with van der Waals surface area (Å²) in [6.07, 6.45) is 2.22. The lowest BCUT2D eigenvalue weighted by Gasteiger charge is -2.26. The third-order valence-corrected chi connectivity index (χ3v) is 7.06. The van der Waals surface area contributed by atoms with E-state index < -0.39 is 21.2 Å². The van der Waals surface area contributed by atoms with Crippen LogP contribution in [0.5, 0.6) is 0 Å². The number of alkyl halides is 3. The van der Waals surface area contributed by atoms with Gasteiger partial charge in [-0.2, -0.15) is 37.1 Å². The fourth-order valence-electron chi connectivity index (χ4n) is 4.07. The summed E-state index contributed by atoms with van der Waals surface area (Å²) in [7, 11) is -4.34. The van der Waals surface area contributed by atoms with E-state index in [9.17, 15) is 32.1 Å². The van der Waals surface area contributed by atoms with Crippen LogP contribution in [-0.2, 0) is 30.0 Å². The van der Waals surface area contributed by atoms with Gasteiger partial charge < -0.3 is 9.47 Å². The predicted molar refractivity (Wildman–Crippen MR) is 132 cm³/mol. The average Bonchev–Trinajstić information content (AvgIpc) is 3.06. The normalized spacial score (nSPS) is 14.0. The summed E-state index contributed by atoms with van der Waals surface area (Å²) >= 11 is 0. The maximum absolute atomic E-state index is 13.3. The number of sulfonamides is 1. The number of hydrogen-bond acceptors (Lipinski definition) is 8. The Bertz CT molecular complexity index is 1570. The van der Waals surface area contributed by atoms with Crippen molar-refractivity contribution < 1.29 is 21.6 Å². The minimum atomic E-state index is -5.76. The SMILES string of the molecule is Cn1c(N=Nc2cc3c(cc2NS(=O)(=O)C(F)(F)F)N(Cc2ccccc2)CCCC3)nc(C#N)c1C#N. The molecule has 0 radical (unpaired) electrons. The highest BCUT2D eigenvalue weighted by atomic mass is 32.2. The molecule has 2 aromatic carbocycles. The minimum Gasteiger partial charge on any atom is -0.367 e. The van der Waals surface area contributed by atoms with E-state index in [1.165, 1.54) is 23.7 Å². The molecule has 196 valence electrons. The minimum absolute atomic E-state index is 0.0714. The number of nitrogens with zero attached hydrogens (tertiary/aromatic N) is 7. The number of fused-ring (bicyclic) bond motifs is 1. The summed E-state index contributed by atoms with van der Waals surface area (Å²) < 4.78 is 66.6. The summed E-state index contributed by atoms with van der Waals surface area (Å²) in [6, 6.07) is 15.9. The maximum atomic E-state index is 13.3. The molecular weight excluding hydrogens is 521 g/mol. The van der Waals surface area contributed by atoms with Gasteiger partial charge in [-0.3, -0.25) is 4.72 Å². The van der Waals surface area contributed by atoms with Crippen LogP contribution in [0.1, 0.15) is 35.4 Å². The monoisotopic (exact) mass is 542 g/mol. The van der Waals surface area contributed by atoms with E-state index in [2.05, 4.69) is 15.2 Å². The molecule has 0 saturated carbocycles. The third-order valence-electron chi connectivity index (χ3n) is 5.96. The van der Waals surface area contributed by atoms with Crippen molar-refractivity contribution in [3.63, 3.8) is 0 Å². The number of anilines is 2. The lowest BCUT2D eigenvalue weighted by Crippen LogP contribution is -2.30. The van der Waals surface area contributed by atoms with Crippen molar-refractivity contribution >= 4 is 33.0 Å². The van der Waals surface area contributed by atoms with Crippen molar-refractivity contribution in [2.75, 3.05) is 16.2 Å². The van der Waals surface area contributed by atoms with Gasteiger partial charge in [-0.05, 0) is 42.5 Å². The molecule has 2 heterocycles. The standard InChI is InChI=1S/C24H21F3N8O2S/c1-34-22(14-29)20(13-28)30-23(34)32-31-18-11-17-9-5-6-10-35(15-16-7-3-2-4-8-16)21(17)12-19(18)33-38(36,37)24(25,26)27/h2-4,7-8,11-12,33H,5-6,9-10,15H2,1H3. The molecule has 0 unspecified atom stereocenters. The number of nitrogens with one attached hydrogen (secondary N) is 1. The molecule has 1 N–H and O–H groups in total. The smallest absolute Gasteiger partial charge is 0.367 e. The van der Waals surface area contributed by atoms with Crippen molar-refractivity contribution in [1.29, 1.82) is 10.5 Å². The zero-order chi connectivity index (χ0) is 27.5. The quantitative estimate of drug-likeness (QED) is 0.426. The molecule has 0 atom stereocenters. The first-order valence-corrected chi connectivity index (χ1v) is 12.9. The van der Waals surface area contributed by atoms with Gasteiger partial charge in [0.15, 0.2) is 11.4 Å². The average molecular weight is 543 g/mol. The fraction of sp³-hybridized carbons (Fsp3) is 0.292. The number of imidazole rings is 1. The molecule has 0 fully saturated rings. The van der Waals surface area contributed by atoms with Crippen LogP contribution >= 0.6 is 0 Å². The van der Waals surface area contributed by atoms with Gasteiger partial charge in [-0.1, -0.05) is 30.3 Å². The van der Waals surface area contributed by atoms with Crippen LogP contribution in [0.3, 0.4) is 0 Å². The molecule has 3 aromatic rings. The van der Waals surface area contributed by atoms with E-state index in [0.717, 1.165) is 24.0 Å². The fourth-order valence-corrected chi connectivity index (χ4v) is 4.64. The molecule has 14 heteroatoms. The van der Waals surface area contributed by atoms with Gasteiger partial charge in [0.25, 0.3) is 5.95 Å². The number of hydrogen-bond donors (Lipinski definition) is 1. The number of azo groups is 1. The summed E-state index contributed by atoms with van der Waals surface area (Å²) in [5, 5.41) is 26.3. The molecule has 0 saturated heterocycles. The summed E-state index contributed by atoms with van der Waals surface area (Å²) in [6.45, 7) is 1.09. The zero-order valence-corrected chi connectivity index (χ0v) is 20.9. The van der Waals surface area contributed by atoms with Gasteiger partial charge in [0.2, 0.25) is 0 Å². The lowest BCUT2D eigenvalue weighted by molar-refractivity contribution is -0.0429. The molecule has 0 spiro atoms. The van der Waals surface area contributed by atoms with E-state index in [1.54, 1.807) is 10.8 Å². The Hall–Kier alpha value is -4.43. The Morgan fingerprint density at radius 3 is 2.47 bits per heavy atom. The Morgan fingerprint density at radius 1 is 1.11 bits per heavy atom. The number of rotatable bonds is 6. The van der Waals surface area contributed by atoms with E-state index >= 15 is 0 Å². The lowest BCUT2D eigenvalue weighted by atomic mass is 10.1. The Kier molecular flexibility index (Phi) is 7.37. The highest BCUT2D eigenvalue weighted by Crippen LogP contribution is 2.39. The van der Waals surface area contributed by atoms with Crippen LogP contribution in [0.2, 0.25) is 0 Å². The first-order valence-electron chi connectivity index (χ1n) is 11.4. The Morgan fingerprint density at radius 2 is 1.84 bits per heavy atom. The van der Waals surface area contributed by atoms with E-state index in [4.69, 9.17) is 0 Å². The number of nitriles is 2. The van der Waals surface area contributed by atoms with Gasteiger partial charge in [0, 0.05) is 25.8 Å². The first-order chi connectivity index (χ1) is 18.0. The maximum Gasteiger partial charge on any atom is 0.516 e. The largest absolute Gasteiger partial charge is 0.516 e. The van der Waals surface area contributed by atoms with Crippen LogP contribution in [-0.4, -0.2) is 30.0 Å². The summed E-state index contributed by atoms with van der Waals surface area (Å²) in [4.78, 5) is 5.90. The molecule has 0 amide bonds. The van der Waals surface area contributed by atoms with Gasteiger partial charge in [-0.15, -0.1) is 10.2 Å². The van der Waals surface area contributed by atoms with Crippen LogP contribution < -0.4 is 9.62 Å². The van der Waals surface area contributed by atoms with E-state index in [0.29, 0.717) is 25.2 Å². The molecular formula is C24H21F3N8O2S. The van der Waals surface area contributed by atoms with Crippen molar-refractivity contribution in [3.8, 4) is 12.1 Å². The van der Waals surface area contributed by atoms with Gasteiger partial charge in [-0.25, -0.2) is 0 Å². The molecule has 0 aliphatic carbocycles. The predicted octanol–water partition coefficient (Wildman–Crippen LogP) is 5.18. The molecule has 1 aliphatic rings. The number of aromatic nitrogens is 2. The number of aryl methyl sites for hydroxylation is 1. The van der Waals surface area contributed by atoms with Gasteiger partial charge in [0.1, 0.15) is 17.8 Å². The van der Waals surface area contributed by atoms with Crippen molar-refractivity contribution in [2.24, 2.45) is 17.3 Å². The third kappa shape index (κ3) is 5.45. The van der Waals surface area contributed by atoms with Crippen LogP contribution in [0.4, 0.5) is 36.2 Å². The molecule has 1 aliphatic heterocycles. The van der Waals surface area contributed by atoms with Crippen molar-refractivity contribution in [3.05, 3.63) is 65.0 Å². The van der Waals surface area contributed by atoms with Crippen molar-refractivity contribution in [2.45, 2.75) is 31.3 Å². The second-order valence-electron chi connectivity index (χ2n) is 8.51. The molecule has 0 bridgehead atoms. The Balaban J connectivity index is 1.82. The number of halogens is 3. The molecule has 38 heavy (non-hydrogen) atoms. The van der Waals surface area contributed by atoms with Gasteiger partial charge >= 0.3 is 15.5 Å². The van der Waals surface area contributed by atoms with Crippen LogP contribution in [0.25, 0.3) is 0 Å². The molecule has 4 rings (SSSR count).